The van der Waals surface area contributed by atoms with Crippen molar-refractivity contribution in [2.24, 2.45) is 5.73 Å². The molecule has 1 aliphatic rings. The van der Waals surface area contributed by atoms with Crippen LogP contribution in [0.25, 0.3) is 0 Å². The van der Waals surface area contributed by atoms with Crippen LogP contribution in [0.1, 0.15) is 40.0 Å². The van der Waals surface area contributed by atoms with Gasteiger partial charge in [0.15, 0.2) is 6.10 Å². The van der Waals surface area contributed by atoms with Crippen molar-refractivity contribution >= 4 is 12.1 Å². The summed E-state index contributed by atoms with van der Waals surface area (Å²) in [6, 6.07) is 0. The molecule has 0 saturated carbocycles. The second kappa shape index (κ2) is 7.11. The van der Waals surface area contributed by atoms with E-state index >= 15 is 0 Å². The van der Waals surface area contributed by atoms with Crippen LogP contribution in [0.3, 0.4) is 0 Å². The third-order valence-corrected chi connectivity index (χ3v) is 1.86. The van der Waals surface area contributed by atoms with Gasteiger partial charge in [0, 0.05) is 6.61 Å². The second-order valence-electron chi connectivity index (χ2n) is 4.73. The summed E-state index contributed by atoms with van der Waals surface area (Å²) < 4.78 is 9.52. The van der Waals surface area contributed by atoms with E-state index in [2.05, 4.69) is 4.74 Å². The number of carboxylic acids is 1. The summed E-state index contributed by atoms with van der Waals surface area (Å²) in [5.41, 5.74) is 4.26. The number of hydrogen-bond donors (Lipinski definition) is 2. The SMILES string of the molecule is CC(C)(C)OC(N)=O.O=C(O)C1CCCCO1. The Morgan fingerprint density at radius 3 is 2.12 bits per heavy atom. The van der Waals surface area contributed by atoms with Crippen molar-refractivity contribution in [1.29, 1.82) is 0 Å². The van der Waals surface area contributed by atoms with Crippen LogP contribution in [0.4, 0.5) is 4.79 Å². The molecule has 0 bridgehead atoms. The number of rotatable bonds is 1. The van der Waals surface area contributed by atoms with E-state index in [0.717, 1.165) is 12.8 Å². The first-order chi connectivity index (χ1) is 7.72. The fourth-order valence-electron chi connectivity index (χ4n) is 1.24. The zero-order valence-corrected chi connectivity index (χ0v) is 10.6. The van der Waals surface area contributed by atoms with Crippen LogP contribution in [0.5, 0.6) is 0 Å². The van der Waals surface area contributed by atoms with Gasteiger partial charge in [-0.05, 0) is 40.0 Å². The van der Waals surface area contributed by atoms with Crippen LogP contribution in [-0.2, 0) is 14.3 Å². The van der Waals surface area contributed by atoms with E-state index in [1.54, 1.807) is 20.8 Å². The van der Waals surface area contributed by atoms with Gasteiger partial charge >= 0.3 is 12.1 Å². The number of aliphatic carboxylic acids is 1. The molecule has 0 aromatic heterocycles. The number of hydrogen-bond acceptors (Lipinski definition) is 4. The summed E-state index contributed by atoms with van der Waals surface area (Å²) in [5, 5.41) is 8.41. The van der Waals surface area contributed by atoms with Gasteiger partial charge < -0.3 is 20.3 Å². The first kappa shape index (κ1) is 15.7. The Labute approximate surface area is 101 Å². The third-order valence-electron chi connectivity index (χ3n) is 1.86. The minimum atomic E-state index is -0.824. The van der Waals surface area contributed by atoms with Gasteiger partial charge in [0.05, 0.1) is 0 Å². The van der Waals surface area contributed by atoms with Gasteiger partial charge in [-0.3, -0.25) is 0 Å². The molecule has 1 rings (SSSR count). The summed E-state index contributed by atoms with van der Waals surface area (Å²) in [6.07, 6.45) is 1.41. The molecule has 1 aliphatic heterocycles. The van der Waals surface area contributed by atoms with Crippen molar-refractivity contribution in [3.63, 3.8) is 0 Å². The lowest BCUT2D eigenvalue weighted by atomic mass is 10.1. The number of carboxylic acid groups (broad SMARTS) is 1. The Morgan fingerprint density at radius 2 is 1.94 bits per heavy atom. The fourth-order valence-corrected chi connectivity index (χ4v) is 1.24. The van der Waals surface area contributed by atoms with Crippen LogP contribution < -0.4 is 5.73 Å². The molecule has 0 radical (unpaired) electrons. The summed E-state index contributed by atoms with van der Waals surface area (Å²) >= 11 is 0. The molecular weight excluding hydrogens is 226 g/mol. The van der Waals surface area contributed by atoms with Gasteiger partial charge in [-0.25, -0.2) is 9.59 Å². The number of primary amides is 1. The molecule has 0 aromatic carbocycles. The minimum Gasteiger partial charge on any atom is -0.479 e. The van der Waals surface area contributed by atoms with Crippen molar-refractivity contribution < 1.29 is 24.2 Å². The molecule has 1 heterocycles. The lowest BCUT2D eigenvalue weighted by Crippen LogP contribution is -2.27. The highest BCUT2D eigenvalue weighted by atomic mass is 16.6. The Bertz CT molecular complexity index is 253. The molecule has 100 valence electrons. The molecule has 0 spiro atoms. The fraction of sp³-hybridized carbons (Fsp3) is 0.818. The van der Waals surface area contributed by atoms with Gasteiger partial charge in [0.2, 0.25) is 0 Å². The summed E-state index contributed by atoms with van der Waals surface area (Å²) in [4.78, 5) is 20.2. The monoisotopic (exact) mass is 247 g/mol. The van der Waals surface area contributed by atoms with E-state index in [0.29, 0.717) is 13.0 Å². The van der Waals surface area contributed by atoms with Crippen molar-refractivity contribution in [3.05, 3.63) is 0 Å². The molecule has 17 heavy (non-hydrogen) atoms. The Hall–Kier alpha value is -1.30. The van der Waals surface area contributed by atoms with E-state index in [1.807, 2.05) is 0 Å². The van der Waals surface area contributed by atoms with Gasteiger partial charge in [0.1, 0.15) is 5.60 Å². The first-order valence-corrected chi connectivity index (χ1v) is 5.55. The molecule has 1 fully saturated rings. The van der Waals surface area contributed by atoms with Crippen LogP contribution >= 0.6 is 0 Å². The summed E-state index contributed by atoms with van der Waals surface area (Å²) in [6.45, 7) is 5.89. The average Bonchev–Trinajstić information content (AvgIpc) is 2.16. The van der Waals surface area contributed by atoms with Crippen molar-refractivity contribution in [2.75, 3.05) is 6.61 Å². The largest absolute Gasteiger partial charge is 0.479 e. The standard InChI is InChI=1S/C6H10O3.C5H11NO2/c7-6(8)5-3-1-2-4-9-5;1-5(2,3)8-4(6)7/h5H,1-4H2,(H,7,8);1-3H3,(H2,6,7). The molecule has 0 aromatic rings. The third kappa shape index (κ3) is 9.62. The molecule has 1 saturated heterocycles. The molecular formula is C11H21NO5. The smallest absolute Gasteiger partial charge is 0.405 e. The second-order valence-corrected chi connectivity index (χ2v) is 4.73. The van der Waals surface area contributed by atoms with Gasteiger partial charge in [0.25, 0.3) is 0 Å². The van der Waals surface area contributed by atoms with Gasteiger partial charge in [-0.1, -0.05) is 0 Å². The highest BCUT2D eigenvalue weighted by molar-refractivity contribution is 5.72. The van der Waals surface area contributed by atoms with Crippen LogP contribution in [-0.4, -0.2) is 35.5 Å². The maximum Gasteiger partial charge on any atom is 0.405 e. The molecule has 1 atom stereocenters. The molecule has 1 unspecified atom stereocenters. The molecule has 6 heteroatoms. The number of carbonyl (C=O) groups is 2. The van der Waals surface area contributed by atoms with Gasteiger partial charge in [-0.2, -0.15) is 0 Å². The number of ether oxygens (including phenoxy) is 2. The normalized spacial score (nSPS) is 19.8. The summed E-state index contributed by atoms with van der Waals surface area (Å²) in [5.74, 6) is -0.824. The lowest BCUT2D eigenvalue weighted by molar-refractivity contribution is -0.153. The van der Waals surface area contributed by atoms with Crippen LogP contribution in [0, 0.1) is 0 Å². The van der Waals surface area contributed by atoms with Crippen molar-refractivity contribution in [1.82, 2.24) is 0 Å². The lowest BCUT2D eigenvalue weighted by Gasteiger charge is -2.17. The zero-order valence-electron chi connectivity index (χ0n) is 10.6. The minimum absolute atomic E-state index is 0.453. The van der Waals surface area contributed by atoms with E-state index in [4.69, 9.17) is 15.6 Å². The van der Waals surface area contributed by atoms with Crippen molar-refractivity contribution in [3.8, 4) is 0 Å². The molecule has 1 amide bonds. The first-order valence-electron chi connectivity index (χ1n) is 5.55. The average molecular weight is 247 g/mol. The predicted octanol–water partition coefficient (Wildman–Crippen LogP) is 1.52. The van der Waals surface area contributed by atoms with Crippen LogP contribution in [0.2, 0.25) is 0 Å². The highest BCUT2D eigenvalue weighted by Crippen LogP contribution is 2.11. The number of carbonyl (C=O) groups excluding carboxylic acids is 1. The maximum atomic E-state index is 10.2. The quantitative estimate of drug-likeness (QED) is 0.731. The van der Waals surface area contributed by atoms with E-state index < -0.39 is 23.8 Å². The van der Waals surface area contributed by atoms with E-state index in [1.165, 1.54) is 0 Å². The van der Waals surface area contributed by atoms with Crippen LogP contribution in [0.15, 0.2) is 0 Å². The Balaban J connectivity index is 0.000000304. The predicted molar refractivity (Wildman–Crippen MR) is 61.6 cm³/mol. The number of nitrogens with two attached hydrogens (primary N) is 1. The maximum absolute atomic E-state index is 10.2. The molecule has 6 nitrogen and oxygen atoms in total. The Kier molecular flexibility index (Phi) is 6.57. The van der Waals surface area contributed by atoms with Gasteiger partial charge in [-0.15, -0.1) is 0 Å². The van der Waals surface area contributed by atoms with Crippen molar-refractivity contribution in [2.45, 2.75) is 51.7 Å². The summed E-state index contributed by atoms with van der Waals surface area (Å²) in [7, 11) is 0. The number of amides is 1. The Morgan fingerprint density at radius 1 is 1.35 bits per heavy atom. The molecule has 3 N–H and O–H groups in total. The van der Waals surface area contributed by atoms with E-state index in [9.17, 15) is 9.59 Å². The highest BCUT2D eigenvalue weighted by Gasteiger charge is 2.20. The molecule has 0 aliphatic carbocycles. The van der Waals surface area contributed by atoms with E-state index in [-0.39, 0.29) is 0 Å². The zero-order chi connectivity index (χ0) is 13.5. The topological polar surface area (TPSA) is 98.9 Å².